The van der Waals surface area contributed by atoms with Crippen LogP contribution in [0.3, 0.4) is 0 Å². The number of hydrogen-bond acceptors (Lipinski definition) is 4. The van der Waals surface area contributed by atoms with Gasteiger partial charge in [0.15, 0.2) is 11.0 Å². The van der Waals surface area contributed by atoms with Gasteiger partial charge in [0.05, 0.1) is 0 Å². The largest absolute Gasteiger partial charge is 0.396 e. The van der Waals surface area contributed by atoms with Crippen LogP contribution in [-0.4, -0.2) is 34.5 Å². The monoisotopic (exact) mass is 241 g/mol. The average Bonchev–Trinajstić information content (AvgIpc) is 2.75. The van der Waals surface area contributed by atoms with Gasteiger partial charge < -0.3 is 10.0 Å². The Hall–Kier alpha value is -0.870. The summed E-state index contributed by atoms with van der Waals surface area (Å²) in [5.74, 6) is 0.893. The minimum absolute atomic E-state index is 0.261. The molecule has 16 heavy (non-hydrogen) atoms. The van der Waals surface area contributed by atoms with E-state index in [-0.39, 0.29) is 6.61 Å². The molecule has 1 fully saturated rings. The SMILES string of the molecule is OCCCC1CCCN1c1ccc(Cl)nn1. The first-order valence-electron chi connectivity index (χ1n) is 5.68. The van der Waals surface area contributed by atoms with Gasteiger partial charge in [0.2, 0.25) is 0 Å². The lowest BCUT2D eigenvalue weighted by Crippen LogP contribution is -2.30. The third kappa shape index (κ3) is 2.62. The molecule has 2 rings (SSSR count). The van der Waals surface area contributed by atoms with E-state index in [4.69, 9.17) is 16.7 Å². The van der Waals surface area contributed by atoms with Crippen LogP contribution in [0.4, 0.5) is 5.82 Å². The van der Waals surface area contributed by atoms with Crippen molar-refractivity contribution in [1.82, 2.24) is 10.2 Å². The molecule has 1 saturated heterocycles. The molecular formula is C11H16ClN3O. The first-order chi connectivity index (χ1) is 7.81. The lowest BCUT2D eigenvalue weighted by molar-refractivity contribution is 0.279. The zero-order valence-corrected chi connectivity index (χ0v) is 9.90. The van der Waals surface area contributed by atoms with Gasteiger partial charge >= 0.3 is 0 Å². The highest BCUT2D eigenvalue weighted by Gasteiger charge is 2.25. The van der Waals surface area contributed by atoms with Crippen LogP contribution in [0, 0.1) is 0 Å². The summed E-state index contributed by atoms with van der Waals surface area (Å²) in [5, 5.41) is 17.2. The van der Waals surface area contributed by atoms with E-state index < -0.39 is 0 Å². The van der Waals surface area contributed by atoms with E-state index in [9.17, 15) is 0 Å². The molecule has 0 aromatic carbocycles. The van der Waals surface area contributed by atoms with E-state index in [1.807, 2.05) is 6.07 Å². The van der Waals surface area contributed by atoms with Crippen molar-refractivity contribution >= 4 is 17.4 Å². The van der Waals surface area contributed by atoms with Gasteiger partial charge in [-0.2, -0.15) is 0 Å². The van der Waals surface area contributed by atoms with Crippen molar-refractivity contribution < 1.29 is 5.11 Å². The predicted octanol–water partition coefficient (Wildman–Crippen LogP) is 1.87. The van der Waals surface area contributed by atoms with Crippen LogP contribution in [0.1, 0.15) is 25.7 Å². The number of aliphatic hydroxyl groups is 1. The Bertz CT molecular complexity index is 331. The Kier molecular flexibility index (Phi) is 3.96. The smallest absolute Gasteiger partial charge is 0.151 e. The molecule has 4 nitrogen and oxygen atoms in total. The molecule has 0 radical (unpaired) electrons. The molecule has 1 aromatic heterocycles. The van der Waals surface area contributed by atoms with Crippen molar-refractivity contribution in [2.24, 2.45) is 0 Å². The number of rotatable bonds is 4. The van der Waals surface area contributed by atoms with Crippen molar-refractivity contribution in [2.45, 2.75) is 31.7 Å². The normalized spacial score (nSPS) is 20.4. The average molecular weight is 242 g/mol. The Balaban J connectivity index is 2.04. The molecule has 1 aromatic rings. The summed E-state index contributed by atoms with van der Waals surface area (Å²) in [6.45, 7) is 1.28. The van der Waals surface area contributed by atoms with Gasteiger partial charge in [-0.15, -0.1) is 10.2 Å². The number of hydrogen-bond donors (Lipinski definition) is 1. The quantitative estimate of drug-likeness (QED) is 0.875. The van der Waals surface area contributed by atoms with Crippen molar-refractivity contribution in [2.75, 3.05) is 18.1 Å². The van der Waals surface area contributed by atoms with E-state index in [0.29, 0.717) is 11.2 Å². The zero-order chi connectivity index (χ0) is 11.4. The van der Waals surface area contributed by atoms with Gasteiger partial charge in [0, 0.05) is 19.2 Å². The topological polar surface area (TPSA) is 49.2 Å². The minimum atomic E-state index is 0.261. The van der Waals surface area contributed by atoms with Gasteiger partial charge in [-0.1, -0.05) is 11.6 Å². The van der Waals surface area contributed by atoms with E-state index in [2.05, 4.69) is 15.1 Å². The van der Waals surface area contributed by atoms with E-state index in [1.165, 1.54) is 12.8 Å². The second kappa shape index (κ2) is 5.46. The van der Waals surface area contributed by atoms with Gasteiger partial charge in [-0.25, -0.2) is 0 Å². The van der Waals surface area contributed by atoms with Crippen LogP contribution < -0.4 is 4.90 Å². The molecule has 1 aliphatic heterocycles. The van der Waals surface area contributed by atoms with Crippen LogP contribution in [0.25, 0.3) is 0 Å². The second-order valence-corrected chi connectivity index (χ2v) is 4.46. The fourth-order valence-electron chi connectivity index (χ4n) is 2.23. The third-order valence-corrected chi connectivity index (χ3v) is 3.19. The van der Waals surface area contributed by atoms with E-state index in [0.717, 1.165) is 25.2 Å². The summed E-state index contributed by atoms with van der Waals surface area (Å²) in [4.78, 5) is 2.26. The number of halogens is 1. The second-order valence-electron chi connectivity index (χ2n) is 4.07. The fraction of sp³-hybridized carbons (Fsp3) is 0.636. The Morgan fingerprint density at radius 3 is 3.00 bits per heavy atom. The van der Waals surface area contributed by atoms with Crippen LogP contribution in [0.2, 0.25) is 5.15 Å². The first-order valence-corrected chi connectivity index (χ1v) is 6.06. The van der Waals surface area contributed by atoms with E-state index in [1.54, 1.807) is 6.07 Å². The van der Waals surface area contributed by atoms with Crippen molar-refractivity contribution in [3.05, 3.63) is 17.3 Å². The summed E-state index contributed by atoms with van der Waals surface area (Å²) in [6.07, 6.45) is 4.22. The molecule has 1 atom stereocenters. The molecule has 1 aliphatic rings. The van der Waals surface area contributed by atoms with Gasteiger partial charge in [0.1, 0.15) is 0 Å². The van der Waals surface area contributed by atoms with Crippen LogP contribution in [0.15, 0.2) is 12.1 Å². The molecule has 0 spiro atoms. The maximum atomic E-state index is 8.86. The summed E-state index contributed by atoms with van der Waals surface area (Å²) < 4.78 is 0. The molecular weight excluding hydrogens is 226 g/mol. The highest BCUT2D eigenvalue weighted by atomic mass is 35.5. The summed E-state index contributed by atoms with van der Waals surface area (Å²) in [7, 11) is 0. The van der Waals surface area contributed by atoms with E-state index >= 15 is 0 Å². The van der Waals surface area contributed by atoms with Gasteiger partial charge in [-0.05, 0) is 37.8 Å². The molecule has 1 unspecified atom stereocenters. The maximum absolute atomic E-state index is 8.86. The van der Waals surface area contributed by atoms with Crippen molar-refractivity contribution in [3.8, 4) is 0 Å². The predicted molar refractivity (Wildman–Crippen MR) is 63.7 cm³/mol. The first kappa shape index (κ1) is 11.6. The number of aliphatic hydroxyl groups excluding tert-OH is 1. The highest BCUT2D eigenvalue weighted by Crippen LogP contribution is 2.26. The minimum Gasteiger partial charge on any atom is -0.396 e. The number of anilines is 1. The molecule has 5 heteroatoms. The lowest BCUT2D eigenvalue weighted by atomic mass is 10.1. The molecule has 1 N–H and O–H groups in total. The highest BCUT2D eigenvalue weighted by molar-refractivity contribution is 6.29. The molecule has 0 amide bonds. The summed E-state index contributed by atoms with van der Waals surface area (Å²) in [5.41, 5.74) is 0. The molecule has 0 saturated carbocycles. The molecule has 0 aliphatic carbocycles. The Morgan fingerprint density at radius 2 is 2.31 bits per heavy atom. The van der Waals surface area contributed by atoms with Crippen LogP contribution >= 0.6 is 11.6 Å². The molecule has 2 heterocycles. The zero-order valence-electron chi connectivity index (χ0n) is 9.14. The molecule has 0 bridgehead atoms. The van der Waals surface area contributed by atoms with Gasteiger partial charge in [-0.3, -0.25) is 0 Å². The van der Waals surface area contributed by atoms with Gasteiger partial charge in [0.25, 0.3) is 0 Å². The summed E-state index contributed by atoms with van der Waals surface area (Å²) in [6, 6.07) is 4.17. The van der Waals surface area contributed by atoms with Crippen molar-refractivity contribution in [1.29, 1.82) is 0 Å². The van der Waals surface area contributed by atoms with Crippen LogP contribution in [0.5, 0.6) is 0 Å². The number of aromatic nitrogens is 2. The third-order valence-electron chi connectivity index (χ3n) is 2.98. The number of nitrogens with zero attached hydrogens (tertiary/aromatic N) is 3. The Morgan fingerprint density at radius 1 is 1.44 bits per heavy atom. The summed E-state index contributed by atoms with van der Waals surface area (Å²) >= 11 is 5.71. The lowest BCUT2D eigenvalue weighted by Gasteiger charge is -2.24. The van der Waals surface area contributed by atoms with Crippen molar-refractivity contribution in [3.63, 3.8) is 0 Å². The van der Waals surface area contributed by atoms with Crippen LogP contribution in [-0.2, 0) is 0 Å². The molecule has 88 valence electrons. The maximum Gasteiger partial charge on any atom is 0.151 e. The Labute approximate surface area is 100 Å². The standard InChI is InChI=1S/C11H16ClN3O/c12-10-5-6-11(14-13-10)15-7-1-3-9(15)4-2-8-16/h5-6,9,16H,1-4,7-8H2. The fourth-order valence-corrected chi connectivity index (χ4v) is 2.33.